The van der Waals surface area contributed by atoms with Gasteiger partial charge in [-0.3, -0.25) is 29.0 Å². The number of amides is 5. The SMILES string of the molecule is NC(=O)CCC(N)C(=O)N1CCCC1C(=O)NC(CCCN=C(N)N)C(=O)NC(CCC(N)=O)C(=O)O. The fraction of sp³-hybridized carbons (Fsp3) is 0.667. The van der Waals surface area contributed by atoms with Gasteiger partial charge in [-0.05, 0) is 38.5 Å². The first-order chi connectivity index (χ1) is 17.3. The minimum atomic E-state index is -1.41. The third-order valence-corrected chi connectivity index (χ3v) is 5.73. The van der Waals surface area contributed by atoms with E-state index in [1.807, 2.05) is 0 Å². The van der Waals surface area contributed by atoms with E-state index in [1.165, 1.54) is 4.90 Å². The lowest BCUT2D eigenvalue weighted by Gasteiger charge is -2.28. The molecule has 208 valence electrons. The second-order valence-electron chi connectivity index (χ2n) is 8.72. The Morgan fingerprint density at radius 1 is 0.919 bits per heavy atom. The first-order valence-electron chi connectivity index (χ1n) is 11.8. The second-order valence-corrected chi connectivity index (χ2v) is 8.72. The molecule has 1 fully saturated rings. The molecule has 0 aromatic rings. The van der Waals surface area contributed by atoms with Gasteiger partial charge in [0.2, 0.25) is 29.5 Å². The van der Waals surface area contributed by atoms with Crippen molar-refractivity contribution in [3.8, 4) is 0 Å². The molecule has 16 heteroatoms. The highest BCUT2D eigenvalue weighted by Gasteiger charge is 2.37. The lowest BCUT2D eigenvalue weighted by molar-refractivity contribution is -0.143. The molecule has 1 rings (SSSR count). The van der Waals surface area contributed by atoms with Gasteiger partial charge in [0.15, 0.2) is 5.96 Å². The molecule has 1 aliphatic heterocycles. The Kier molecular flexibility index (Phi) is 12.8. The smallest absolute Gasteiger partial charge is 0.326 e. The Morgan fingerprint density at radius 3 is 2.11 bits per heavy atom. The Balaban J connectivity index is 2.96. The third-order valence-electron chi connectivity index (χ3n) is 5.73. The predicted octanol–water partition coefficient (Wildman–Crippen LogP) is -4.06. The van der Waals surface area contributed by atoms with E-state index in [0.29, 0.717) is 12.8 Å². The van der Waals surface area contributed by atoms with Crippen molar-refractivity contribution in [1.82, 2.24) is 15.5 Å². The molecule has 13 N–H and O–H groups in total. The van der Waals surface area contributed by atoms with Crippen molar-refractivity contribution in [3.05, 3.63) is 0 Å². The maximum atomic E-state index is 13.1. The number of nitrogens with one attached hydrogen (secondary N) is 2. The van der Waals surface area contributed by atoms with Crippen LogP contribution in [0, 0.1) is 0 Å². The number of carboxylic acid groups (broad SMARTS) is 1. The zero-order valence-electron chi connectivity index (χ0n) is 20.6. The topological polar surface area (TPSA) is 292 Å². The highest BCUT2D eigenvalue weighted by molar-refractivity contribution is 5.94. The van der Waals surface area contributed by atoms with Gasteiger partial charge in [-0.1, -0.05) is 0 Å². The van der Waals surface area contributed by atoms with Gasteiger partial charge >= 0.3 is 5.97 Å². The first-order valence-corrected chi connectivity index (χ1v) is 11.8. The van der Waals surface area contributed by atoms with Crippen molar-refractivity contribution in [2.75, 3.05) is 13.1 Å². The van der Waals surface area contributed by atoms with E-state index in [1.54, 1.807) is 0 Å². The van der Waals surface area contributed by atoms with Gasteiger partial charge in [-0.2, -0.15) is 0 Å². The number of guanidine groups is 1. The van der Waals surface area contributed by atoms with Crippen molar-refractivity contribution in [2.24, 2.45) is 33.7 Å². The number of likely N-dealkylation sites (tertiary alicyclic amines) is 1. The van der Waals surface area contributed by atoms with Gasteiger partial charge in [-0.15, -0.1) is 0 Å². The molecule has 0 aliphatic carbocycles. The number of primary amides is 2. The molecule has 37 heavy (non-hydrogen) atoms. The fourth-order valence-corrected chi connectivity index (χ4v) is 3.79. The molecule has 5 amide bonds. The second kappa shape index (κ2) is 15.2. The number of hydrogen-bond acceptors (Lipinski definition) is 8. The molecule has 1 aliphatic rings. The van der Waals surface area contributed by atoms with Crippen molar-refractivity contribution in [3.63, 3.8) is 0 Å². The van der Waals surface area contributed by atoms with E-state index in [-0.39, 0.29) is 57.6 Å². The van der Waals surface area contributed by atoms with Crippen LogP contribution in [0.4, 0.5) is 0 Å². The monoisotopic (exact) mass is 527 g/mol. The summed E-state index contributed by atoms with van der Waals surface area (Å²) < 4.78 is 0. The Hall–Kier alpha value is -3.95. The highest BCUT2D eigenvalue weighted by atomic mass is 16.4. The minimum Gasteiger partial charge on any atom is -0.480 e. The van der Waals surface area contributed by atoms with Crippen LogP contribution in [0.3, 0.4) is 0 Å². The zero-order valence-corrected chi connectivity index (χ0v) is 20.6. The molecule has 1 heterocycles. The van der Waals surface area contributed by atoms with Crippen molar-refractivity contribution in [1.29, 1.82) is 0 Å². The molecule has 0 aromatic carbocycles. The summed E-state index contributed by atoms with van der Waals surface area (Å²) in [7, 11) is 0. The fourth-order valence-electron chi connectivity index (χ4n) is 3.79. The quantitative estimate of drug-likeness (QED) is 0.0545. The number of nitrogens with two attached hydrogens (primary N) is 5. The van der Waals surface area contributed by atoms with E-state index in [0.717, 1.165) is 0 Å². The number of hydrogen-bond donors (Lipinski definition) is 8. The maximum Gasteiger partial charge on any atom is 0.326 e. The van der Waals surface area contributed by atoms with Crippen molar-refractivity contribution < 1.29 is 33.9 Å². The number of aliphatic imine (C=N–C) groups is 1. The van der Waals surface area contributed by atoms with E-state index in [9.17, 15) is 33.9 Å². The summed E-state index contributed by atoms with van der Waals surface area (Å²) >= 11 is 0. The van der Waals surface area contributed by atoms with Crippen molar-refractivity contribution >= 4 is 41.5 Å². The number of rotatable bonds is 16. The normalized spacial score (nSPS) is 17.2. The summed E-state index contributed by atoms with van der Waals surface area (Å²) in [5.41, 5.74) is 26.6. The molecule has 0 radical (unpaired) electrons. The van der Waals surface area contributed by atoms with Crippen LogP contribution < -0.4 is 39.3 Å². The van der Waals surface area contributed by atoms with Crippen LogP contribution in [-0.2, 0) is 28.8 Å². The number of aliphatic carboxylic acids is 1. The molecule has 0 bridgehead atoms. The van der Waals surface area contributed by atoms with Crippen LogP contribution in [0.1, 0.15) is 51.4 Å². The van der Waals surface area contributed by atoms with Crippen LogP contribution in [0.5, 0.6) is 0 Å². The van der Waals surface area contributed by atoms with Gasteiger partial charge in [0.1, 0.15) is 18.1 Å². The third kappa shape index (κ3) is 11.1. The zero-order chi connectivity index (χ0) is 28.1. The van der Waals surface area contributed by atoms with E-state index < -0.39 is 59.7 Å². The predicted molar refractivity (Wildman–Crippen MR) is 131 cm³/mol. The van der Waals surface area contributed by atoms with Crippen LogP contribution in [0.25, 0.3) is 0 Å². The summed E-state index contributed by atoms with van der Waals surface area (Å²) in [5.74, 6) is -4.83. The molecule has 16 nitrogen and oxygen atoms in total. The number of carbonyl (C=O) groups excluding carboxylic acids is 5. The molecular formula is C21H37N9O7. The molecule has 4 unspecified atom stereocenters. The standard InChI is InChI=1S/C21H37N9O7/c22-11(5-7-15(23)31)19(35)30-10-2-4-14(30)18(34)28-12(3-1-9-27-21(25)26)17(33)29-13(20(36)37)6-8-16(24)32/h11-14H,1-10,22H2,(H2,23,31)(H2,24,32)(H,28,34)(H,29,33)(H,36,37)(H4,25,26,27). The van der Waals surface area contributed by atoms with Gasteiger partial charge in [0, 0.05) is 25.9 Å². The van der Waals surface area contributed by atoms with Crippen LogP contribution in [-0.4, -0.2) is 88.7 Å². The molecule has 0 saturated carbocycles. The molecule has 4 atom stereocenters. The average molecular weight is 528 g/mol. The van der Waals surface area contributed by atoms with E-state index in [4.69, 9.17) is 28.7 Å². The van der Waals surface area contributed by atoms with Gasteiger partial charge in [-0.25, -0.2) is 4.79 Å². The van der Waals surface area contributed by atoms with Gasteiger partial charge < -0.3 is 49.3 Å². The lowest BCUT2D eigenvalue weighted by atomic mass is 10.1. The Morgan fingerprint density at radius 2 is 1.54 bits per heavy atom. The Labute approximate surface area is 213 Å². The minimum absolute atomic E-state index is 0.0245. The van der Waals surface area contributed by atoms with E-state index >= 15 is 0 Å². The van der Waals surface area contributed by atoms with Crippen LogP contribution in [0.15, 0.2) is 4.99 Å². The van der Waals surface area contributed by atoms with Gasteiger partial charge in [0.25, 0.3) is 0 Å². The number of carbonyl (C=O) groups is 6. The number of nitrogens with zero attached hydrogens (tertiary/aromatic N) is 2. The summed E-state index contributed by atoms with van der Waals surface area (Å²) in [5, 5.41) is 14.3. The molecule has 1 saturated heterocycles. The summed E-state index contributed by atoms with van der Waals surface area (Å²) in [4.78, 5) is 77.5. The lowest BCUT2D eigenvalue weighted by Crippen LogP contribution is -2.56. The summed E-state index contributed by atoms with van der Waals surface area (Å²) in [6, 6.07) is -4.53. The summed E-state index contributed by atoms with van der Waals surface area (Å²) in [6.07, 6.45) is 0.580. The van der Waals surface area contributed by atoms with Crippen LogP contribution >= 0.6 is 0 Å². The van der Waals surface area contributed by atoms with Gasteiger partial charge in [0.05, 0.1) is 6.04 Å². The average Bonchev–Trinajstić information content (AvgIpc) is 3.30. The largest absolute Gasteiger partial charge is 0.480 e. The number of carboxylic acids is 1. The molecule has 0 spiro atoms. The molecule has 0 aromatic heterocycles. The van der Waals surface area contributed by atoms with Crippen molar-refractivity contribution in [2.45, 2.75) is 75.5 Å². The maximum absolute atomic E-state index is 13.1. The summed E-state index contributed by atoms with van der Waals surface area (Å²) in [6.45, 7) is 0.408. The highest BCUT2D eigenvalue weighted by Crippen LogP contribution is 2.19. The Bertz CT molecular complexity index is 892. The van der Waals surface area contributed by atoms with Crippen LogP contribution in [0.2, 0.25) is 0 Å². The molecular weight excluding hydrogens is 490 g/mol. The van der Waals surface area contributed by atoms with E-state index in [2.05, 4.69) is 15.6 Å². The first kappa shape index (κ1) is 31.1.